The van der Waals surface area contributed by atoms with Crippen LogP contribution in [0.3, 0.4) is 0 Å². The summed E-state index contributed by atoms with van der Waals surface area (Å²) in [7, 11) is 0. The summed E-state index contributed by atoms with van der Waals surface area (Å²) in [6.07, 6.45) is 7.54. The Labute approximate surface area is 121 Å². The number of hydrogen-bond donors (Lipinski definition) is 1. The van der Waals surface area contributed by atoms with Gasteiger partial charge in [-0.1, -0.05) is 33.6 Å². The van der Waals surface area contributed by atoms with E-state index in [4.69, 9.17) is 0 Å². The molecule has 1 aliphatic carbocycles. The Morgan fingerprint density at radius 3 is 2.84 bits per heavy atom. The number of nitrogens with one attached hydrogen (secondary N) is 1. The van der Waals surface area contributed by atoms with Crippen LogP contribution in [-0.2, 0) is 6.42 Å². The van der Waals surface area contributed by atoms with Gasteiger partial charge in [-0.15, -0.1) is 21.5 Å². The van der Waals surface area contributed by atoms with Gasteiger partial charge in [-0.05, 0) is 31.2 Å². The maximum absolute atomic E-state index is 4.48. The van der Waals surface area contributed by atoms with Crippen LogP contribution >= 0.6 is 11.3 Å². The van der Waals surface area contributed by atoms with Crippen molar-refractivity contribution in [2.24, 2.45) is 5.41 Å². The lowest BCUT2D eigenvalue weighted by Gasteiger charge is -2.37. The average Bonchev–Trinajstić information content (AvgIpc) is 2.82. The van der Waals surface area contributed by atoms with E-state index < -0.39 is 0 Å². The molecule has 1 heterocycles. The second kappa shape index (κ2) is 6.80. The number of nitrogens with zero attached hydrogens (tertiary/aromatic N) is 2. The minimum Gasteiger partial charge on any atom is -0.316 e. The van der Waals surface area contributed by atoms with Crippen LogP contribution in [0.15, 0.2) is 0 Å². The molecule has 1 saturated carbocycles. The van der Waals surface area contributed by atoms with Crippen LogP contribution in [0.25, 0.3) is 0 Å². The molecule has 0 spiro atoms. The van der Waals surface area contributed by atoms with E-state index >= 15 is 0 Å². The predicted molar refractivity (Wildman–Crippen MR) is 81.8 cm³/mol. The fourth-order valence-corrected chi connectivity index (χ4v) is 4.15. The minimum atomic E-state index is 0.398. The Morgan fingerprint density at radius 1 is 1.26 bits per heavy atom. The molecule has 0 aliphatic heterocycles. The van der Waals surface area contributed by atoms with Crippen molar-refractivity contribution in [1.29, 1.82) is 0 Å². The van der Waals surface area contributed by atoms with E-state index in [1.807, 2.05) is 11.3 Å². The van der Waals surface area contributed by atoms with Gasteiger partial charge >= 0.3 is 0 Å². The molecular formula is C15H27N3S. The summed E-state index contributed by atoms with van der Waals surface area (Å²) in [5.74, 6) is 0.621. The van der Waals surface area contributed by atoms with E-state index in [9.17, 15) is 0 Å². The van der Waals surface area contributed by atoms with Gasteiger partial charge in [0.1, 0.15) is 10.0 Å². The fraction of sp³-hybridized carbons (Fsp3) is 0.867. The first-order valence-corrected chi connectivity index (χ1v) is 8.48. The van der Waals surface area contributed by atoms with E-state index in [2.05, 4.69) is 36.3 Å². The van der Waals surface area contributed by atoms with Crippen molar-refractivity contribution in [3.05, 3.63) is 10.0 Å². The highest BCUT2D eigenvalue weighted by molar-refractivity contribution is 7.11. The molecule has 0 bridgehead atoms. The first-order valence-electron chi connectivity index (χ1n) is 7.66. The molecule has 2 rings (SSSR count). The third kappa shape index (κ3) is 3.99. The van der Waals surface area contributed by atoms with E-state index in [0.29, 0.717) is 11.3 Å². The van der Waals surface area contributed by atoms with Crippen LogP contribution in [0.2, 0.25) is 0 Å². The van der Waals surface area contributed by atoms with Crippen molar-refractivity contribution in [3.63, 3.8) is 0 Å². The van der Waals surface area contributed by atoms with E-state index in [0.717, 1.165) is 19.5 Å². The Hall–Kier alpha value is -0.480. The standard InChI is InChI=1S/C15H27N3S/c1-4-10-16-11-8-13-17-18-14(19-13)12-7-5-6-9-15(12,2)3/h12,16H,4-11H2,1-3H3. The third-order valence-electron chi connectivity index (χ3n) is 4.23. The third-order valence-corrected chi connectivity index (χ3v) is 5.33. The largest absolute Gasteiger partial charge is 0.316 e. The zero-order valence-corrected chi connectivity index (χ0v) is 13.4. The smallest absolute Gasteiger partial charge is 0.121 e. The lowest BCUT2D eigenvalue weighted by Crippen LogP contribution is -2.25. The van der Waals surface area contributed by atoms with Gasteiger partial charge in [-0.25, -0.2) is 0 Å². The Morgan fingerprint density at radius 2 is 2.11 bits per heavy atom. The van der Waals surface area contributed by atoms with Crippen molar-refractivity contribution < 1.29 is 0 Å². The molecule has 1 atom stereocenters. The Kier molecular flexibility index (Phi) is 5.34. The first-order chi connectivity index (χ1) is 9.13. The van der Waals surface area contributed by atoms with E-state index in [1.165, 1.54) is 42.1 Å². The van der Waals surface area contributed by atoms with Gasteiger partial charge in [-0.3, -0.25) is 0 Å². The molecular weight excluding hydrogens is 254 g/mol. The minimum absolute atomic E-state index is 0.398. The van der Waals surface area contributed by atoms with Gasteiger partial charge in [0.15, 0.2) is 0 Å². The molecule has 0 radical (unpaired) electrons. The molecule has 108 valence electrons. The average molecular weight is 281 g/mol. The highest BCUT2D eigenvalue weighted by atomic mass is 32.1. The van der Waals surface area contributed by atoms with E-state index in [1.54, 1.807) is 0 Å². The molecule has 1 aromatic rings. The monoisotopic (exact) mass is 281 g/mol. The van der Waals surface area contributed by atoms with Crippen molar-refractivity contribution >= 4 is 11.3 Å². The fourth-order valence-electron chi connectivity index (χ4n) is 2.96. The normalized spacial score (nSPS) is 22.6. The lowest BCUT2D eigenvalue weighted by molar-refractivity contribution is 0.198. The zero-order valence-electron chi connectivity index (χ0n) is 12.5. The molecule has 0 aromatic carbocycles. The summed E-state index contributed by atoms with van der Waals surface area (Å²) in [5, 5.41) is 14.8. The molecule has 1 N–H and O–H groups in total. The molecule has 1 unspecified atom stereocenters. The molecule has 1 aromatic heterocycles. The number of hydrogen-bond acceptors (Lipinski definition) is 4. The first kappa shape index (κ1) is 14.9. The lowest BCUT2D eigenvalue weighted by atomic mass is 9.69. The summed E-state index contributed by atoms with van der Waals surface area (Å²) in [5.41, 5.74) is 0.398. The van der Waals surface area contributed by atoms with Crippen LogP contribution in [0, 0.1) is 5.41 Å². The van der Waals surface area contributed by atoms with Crippen molar-refractivity contribution in [2.45, 2.75) is 65.2 Å². The molecule has 19 heavy (non-hydrogen) atoms. The maximum Gasteiger partial charge on any atom is 0.121 e. The summed E-state index contributed by atoms with van der Waals surface area (Å²) in [6, 6.07) is 0. The van der Waals surface area contributed by atoms with Gasteiger partial charge in [0.25, 0.3) is 0 Å². The quantitative estimate of drug-likeness (QED) is 0.807. The van der Waals surface area contributed by atoms with E-state index in [-0.39, 0.29) is 0 Å². The maximum atomic E-state index is 4.48. The number of rotatable bonds is 6. The SMILES string of the molecule is CCCNCCc1nnc(C2CCCCC2(C)C)s1. The van der Waals surface area contributed by atoms with Gasteiger partial charge in [-0.2, -0.15) is 0 Å². The van der Waals surface area contributed by atoms with Crippen molar-refractivity contribution in [3.8, 4) is 0 Å². The highest BCUT2D eigenvalue weighted by Gasteiger charge is 2.35. The Bertz CT molecular complexity index is 386. The van der Waals surface area contributed by atoms with Gasteiger partial charge in [0, 0.05) is 18.9 Å². The van der Waals surface area contributed by atoms with Crippen molar-refractivity contribution in [2.75, 3.05) is 13.1 Å². The highest BCUT2D eigenvalue weighted by Crippen LogP contribution is 2.47. The van der Waals surface area contributed by atoms with Gasteiger partial charge < -0.3 is 5.32 Å². The zero-order chi connectivity index (χ0) is 13.7. The van der Waals surface area contributed by atoms with Crippen molar-refractivity contribution in [1.82, 2.24) is 15.5 Å². The molecule has 0 saturated heterocycles. The second-order valence-corrected chi connectivity index (χ2v) is 7.41. The topological polar surface area (TPSA) is 37.8 Å². The molecule has 4 heteroatoms. The second-order valence-electron chi connectivity index (χ2n) is 6.32. The number of aromatic nitrogens is 2. The summed E-state index contributed by atoms with van der Waals surface area (Å²) < 4.78 is 0. The van der Waals surface area contributed by atoms with Crippen LogP contribution in [0.4, 0.5) is 0 Å². The predicted octanol–water partition coefficient (Wildman–Crippen LogP) is 3.76. The van der Waals surface area contributed by atoms with Crippen LogP contribution < -0.4 is 5.32 Å². The molecule has 1 aliphatic rings. The van der Waals surface area contributed by atoms with Crippen LogP contribution in [0.1, 0.15) is 68.8 Å². The molecule has 1 fully saturated rings. The molecule has 0 amide bonds. The molecule has 3 nitrogen and oxygen atoms in total. The summed E-state index contributed by atoms with van der Waals surface area (Å²) >= 11 is 1.84. The van der Waals surface area contributed by atoms with Gasteiger partial charge in [0.2, 0.25) is 0 Å². The van der Waals surface area contributed by atoms with Crippen LogP contribution in [-0.4, -0.2) is 23.3 Å². The van der Waals surface area contributed by atoms with Crippen LogP contribution in [0.5, 0.6) is 0 Å². The van der Waals surface area contributed by atoms with Gasteiger partial charge in [0.05, 0.1) is 0 Å². The summed E-state index contributed by atoms with van der Waals surface area (Å²) in [4.78, 5) is 0. The Balaban J connectivity index is 1.92. The summed E-state index contributed by atoms with van der Waals surface area (Å²) in [6.45, 7) is 9.10.